The van der Waals surface area contributed by atoms with Gasteiger partial charge in [0.25, 0.3) is 0 Å². The van der Waals surface area contributed by atoms with Gasteiger partial charge in [-0.15, -0.1) is 0 Å². The van der Waals surface area contributed by atoms with Crippen LogP contribution in [0.4, 0.5) is 0 Å². The molecular formula is C19H19NO5. The fourth-order valence-electron chi connectivity index (χ4n) is 2.00. The van der Waals surface area contributed by atoms with Crippen LogP contribution in [0.3, 0.4) is 0 Å². The van der Waals surface area contributed by atoms with Crippen molar-refractivity contribution in [3.8, 4) is 17.6 Å². The molecule has 1 heterocycles. The van der Waals surface area contributed by atoms with Crippen LogP contribution in [0.1, 0.15) is 27.3 Å². The molecule has 0 spiro atoms. The second-order valence-corrected chi connectivity index (χ2v) is 4.98. The number of rotatable bonds is 6. The van der Waals surface area contributed by atoms with Gasteiger partial charge in [-0.05, 0) is 36.4 Å². The van der Waals surface area contributed by atoms with Crippen LogP contribution >= 0.6 is 0 Å². The van der Waals surface area contributed by atoms with Crippen LogP contribution < -0.4 is 4.74 Å². The monoisotopic (exact) mass is 341 g/mol. The number of pyridine rings is 1. The number of benzene rings is 1. The van der Waals surface area contributed by atoms with Gasteiger partial charge >= 0.3 is 5.97 Å². The maximum atomic E-state index is 11.7. The Bertz CT molecular complexity index is 775. The lowest BCUT2D eigenvalue weighted by atomic mass is 10.1. The third-order valence-corrected chi connectivity index (χ3v) is 3.11. The maximum Gasteiger partial charge on any atom is 0.356 e. The SMILES string of the molecule is COCOc1ccc(C#Cc2cc(COC)nc(C(=O)OC)c2)cc1. The smallest absolute Gasteiger partial charge is 0.356 e. The van der Waals surface area contributed by atoms with E-state index in [-0.39, 0.29) is 19.1 Å². The summed E-state index contributed by atoms with van der Waals surface area (Å²) in [5.74, 6) is 6.25. The highest BCUT2D eigenvalue weighted by molar-refractivity contribution is 5.87. The highest BCUT2D eigenvalue weighted by atomic mass is 16.7. The van der Waals surface area contributed by atoms with Gasteiger partial charge in [-0.3, -0.25) is 0 Å². The number of nitrogens with zero attached hydrogens (tertiary/aromatic N) is 1. The number of carbonyl (C=O) groups excluding carboxylic acids is 1. The first-order valence-electron chi connectivity index (χ1n) is 7.48. The first kappa shape index (κ1) is 18.5. The minimum absolute atomic E-state index is 0.195. The van der Waals surface area contributed by atoms with Gasteiger partial charge < -0.3 is 18.9 Å². The Morgan fingerprint density at radius 2 is 1.72 bits per heavy atom. The number of aromatic nitrogens is 1. The average Bonchev–Trinajstić information content (AvgIpc) is 2.65. The van der Waals surface area contributed by atoms with Gasteiger partial charge in [0, 0.05) is 25.3 Å². The third kappa shape index (κ3) is 5.60. The Morgan fingerprint density at radius 3 is 2.36 bits per heavy atom. The molecule has 0 aliphatic carbocycles. The molecule has 1 aromatic heterocycles. The van der Waals surface area contributed by atoms with E-state index in [0.29, 0.717) is 17.0 Å². The zero-order chi connectivity index (χ0) is 18.1. The van der Waals surface area contributed by atoms with Crippen LogP contribution in [0.25, 0.3) is 0 Å². The summed E-state index contributed by atoms with van der Waals surface area (Å²) in [5, 5.41) is 0. The molecule has 0 saturated heterocycles. The van der Waals surface area contributed by atoms with Crippen molar-refractivity contribution >= 4 is 5.97 Å². The van der Waals surface area contributed by atoms with E-state index in [1.54, 1.807) is 26.4 Å². The van der Waals surface area contributed by atoms with Crippen LogP contribution in [-0.4, -0.2) is 39.1 Å². The molecule has 0 saturated carbocycles. The van der Waals surface area contributed by atoms with Crippen LogP contribution in [0.15, 0.2) is 36.4 Å². The van der Waals surface area contributed by atoms with Gasteiger partial charge in [0.15, 0.2) is 6.79 Å². The molecule has 130 valence electrons. The summed E-state index contributed by atoms with van der Waals surface area (Å²) >= 11 is 0. The summed E-state index contributed by atoms with van der Waals surface area (Å²) in [6.07, 6.45) is 0. The predicted molar refractivity (Wildman–Crippen MR) is 91.2 cm³/mol. The van der Waals surface area contributed by atoms with Crippen molar-refractivity contribution in [1.29, 1.82) is 0 Å². The molecule has 6 heteroatoms. The Kier molecular flexibility index (Phi) is 6.96. The second kappa shape index (κ2) is 9.42. The number of hydrogen-bond acceptors (Lipinski definition) is 6. The van der Waals surface area contributed by atoms with Gasteiger partial charge in [0.1, 0.15) is 11.4 Å². The van der Waals surface area contributed by atoms with E-state index >= 15 is 0 Å². The van der Waals surface area contributed by atoms with E-state index in [9.17, 15) is 4.79 Å². The average molecular weight is 341 g/mol. The number of ether oxygens (including phenoxy) is 4. The summed E-state index contributed by atoms with van der Waals surface area (Å²) in [4.78, 5) is 15.9. The summed E-state index contributed by atoms with van der Waals surface area (Å²) < 4.78 is 20.0. The lowest BCUT2D eigenvalue weighted by molar-refractivity contribution is 0.0511. The second-order valence-electron chi connectivity index (χ2n) is 4.98. The molecule has 0 amide bonds. The molecule has 0 fully saturated rings. The zero-order valence-electron chi connectivity index (χ0n) is 14.4. The molecule has 0 bridgehead atoms. The molecule has 1 aromatic carbocycles. The topological polar surface area (TPSA) is 66.9 Å². The molecule has 0 aliphatic rings. The predicted octanol–water partition coefficient (Wildman–Crippen LogP) is 2.40. The first-order chi connectivity index (χ1) is 12.2. The molecule has 0 unspecified atom stereocenters. The third-order valence-electron chi connectivity index (χ3n) is 3.11. The molecule has 0 N–H and O–H groups in total. The summed E-state index contributed by atoms with van der Waals surface area (Å²) in [6.45, 7) is 0.478. The fraction of sp³-hybridized carbons (Fsp3) is 0.263. The minimum atomic E-state index is -0.513. The normalized spacial score (nSPS) is 9.88. The lowest BCUT2D eigenvalue weighted by Gasteiger charge is -2.04. The van der Waals surface area contributed by atoms with Crippen LogP contribution in [0, 0.1) is 11.8 Å². The van der Waals surface area contributed by atoms with Crippen molar-refractivity contribution in [1.82, 2.24) is 4.98 Å². The molecule has 2 rings (SSSR count). The van der Waals surface area contributed by atoms with Gasteiger partial charge in [-0.1, -0.05) is 11.8 Å². The summed E-state index contributed by atoms with van der Waals surface area (Å²) in [6, 6.07) is 10.7. The van der Waals surface area contributed by atoms with Crippen molar-refractivity contribution < 1.29 is 23.7 Å². The Morgan fingerprint density at radius 1 is 1.00 bits per heavy atom. The first-order valence-corrected chi connectivity index (χ1v) is 7.48. The molecule has 6 nitrogen and oxygen atoms in total. The Labute approximate surface area is 146 Å². The van der Waals surface area contributed by atoms with Gasteiger partial charge in [-0.25, -0.2) is 9.78 Å². The minimum Gasteiger partial charge on any atom is -0.468 e. The molecule has 0 atom stereocenters. The van der Waals surface area contributed by atoms with Crippen LogP contribution in [-0.2, 0) is 20.8 Å². The van der Waals surface area contributed by atoms with E-state index < -0.39 is 5.97 Å². The van der Waals surface area contributed by atoms with E-state index in [0.717, 1.165) is 5.56 Å². The van der Waals surface area contributed by atoms with Crippen molar-refractivity contribution in [2.24, 2.45) is 0 Å². The quantitative estimate of drug-likeness (QED) is 0.457. The number of carbonyl (C=O) groups is 1. The number of hydrogen-bond donors (Lipinski definition) is 0. The van der Waals surface area contributed by atoms with Gasteiger partial charge in [-0.2, -0.15) is 0 Å². The maximum absolute atomic E-state index is 11.7. The molecule has 2 aromatic rings. The van der Waals surface area contributed by atoms with Gasteiger partial charge in [0.05, 0.1) is 19.4 Å². The van der Waals surface area contributed by atoms with E-state index in [1.165, 1.54) is 7.11 Å². The largest absolute Gasteiger partial charge is 0.468 e. The molecule has 0 radical (unpaired) electrons. The molecular weight excluding hydrogens is 322 g/mol. The Hall–Kier alpha value is -2.88. The highest BCUT2D eigenvalue weighted by Gasteiger charge is 2.10. The molecule has 0 aliphatic heterocycles. The van der Waals surface area contributed by atoms with Crippen molar-refractivity contribution in [3.05, 3.63) is 58.9 Å². The Balaban J connectivity index is 2.23. The van der Waals surface area contributed by atoms with E-state index in [2.05, 4.69) is 16.8 Å². The van der Waals surface area contributed by atoms with Crippen LogP contribution in [0.2, 0.25) is 0 Å². The molecule has 25 heavy (non-hydrogen) atoms. The summed E-state index contributed by atoms with van der Waals surface area (Å²) in [7, 11) is 4.44. The van der Waals surface area contributed by atoms with Crippen LogP contribution in [0.5, 0.6) is 5.75 Å². The summed E-state index contributed by atoms with van der Waals surface area (Å²) in [5.41, 5.74) is 2.28. The lowest BCUT2D eigenvalue weighted by Crippen LogP contribution is -2.07. The zero-order valence-corrected chi connectivity index (χ0v) is 14.4. The van der Waals surface area contributed by atoms with Crippen molar-refractivity contribution in [3.63, 3.8) is 0 Å². The fourth-order valence-corrected chi connectivity index (χ4v) is 2.00. The van der Waals surface area contributed by atoms with Crippen molar-refractivity contribution in [2.45, 2.75) is 6.61 Å². The van der Waals surface area contributed by atoms with Gasteiger partial charge in [0.2, 0.25) is 0 Å². The van der Waals surface area contributed by atoms with E-state index in [1.807, 2.05) is 24.3 Å². The number of methoxy groups -OCH3 is 3. The van der Waals surface area contributed by atoms with Crippen molar-refractivity contribution in [2.75, 3.05) is 28.1 Å². The number of esters is 1. The van der Waals surface area contributed by atoms with E-state index in [4.69, 9.17) is 18.9 Å². The highest BCUT2D eigenvalue weighted by Crippen LogP contribution is 2.12. The standard InChI is InChI=1S/C19H19NO5/c1-22-12-16-10-15(11-18(20-16)19(21)24-3)5-4-14-6-8-17(9-7-14)25-13-23-2/h6-11H,12-13H2,1-3H3.